The van der Waals surface area contributed by atoms with E-state index < -0.39 is 15.1 Å². The Morgan fingerprint density at radius 2 is 2.11 bits per heavy atom. The number of methoxy groups -OCH3 is 1. The molecular weight excluding hydrogens is 252 g/mol. The van der Waals surface area contributed by atoms with Gasteiger partial charge in [0.15, 0.2) is 15.5 Å². The zero-order valence-corrected chi connectivity index (χ0v) is 10.9. The van der Waals surface area contributed by atoms with Gasteiger partial charge in [-0.05, 0) is 18.9 Å². The van der Waals surface area contributed by atoms with E-state index in [9.17, 15) is 8.42 Å². The van der Waals surface area contributed by atoms with E-state index >= 15 is 0 Å². The van der Waals surface area contributed by atoms with Gasteiger partial charge in [-0.2, -0.15) is 5.26 Å². The Balaban J connectivity index is 2.59. The molecule has 18 heavy (non-hydrogen) atoms. The lowest BCUT2D eigenvalue weighted by Crippen LogP contribution is -2.20. The Hall–Kier alpha value is -1.61. The van der Waals surface area contributed by atoms with Gasteiger partial charge in [0.25, 0.3) is 0 Å². The molecule has 0 spiro atoms. The second-order valence-corrected chi connectivity index (χ2v) is 6.42. The first-order valence-corrected chi connectivity index (χ1v) is 7.33. The predicted molar refractivity (Wildman–Crippen MR) is 64.9 cm³/mol. The summed E-state index contributed by atoms with van der Waals surface area (Å²) in [5, 5.41) is 8.60. The third-order valence-electron chi connectivity index (χ3n) is 3.22. The second kappa shape index (κ2) is 4.94. The molecule has 0 radical (unpaired) electrons. The van der Waals surface area contributed by atoms with Crippen LogP contribution in [0.2, 0.25) is 0 Å². The van der Waals surface area contributed by atoms with Crippen molar-refractivity contribution in [1.82, 2.24) is 4.98 Å². The number of nitriles is 1. The molecule has 0 bridgehead atoms. The maximum absolute atomic E-state index is 12.5. The molecular formula is C12H14N2O3S. The van der Waals surface area contributed by atoms with E-state index in [2.05, 4.69) is 4.98 Å². The molecule has 1 aromatic heterocycles. The maximum atomic E-state index is 12.5. The fourth-order valence-electron chi connectivity index (χ4n) is 2.31. The molecule has 6 heteroatoms. The zero-order chi connectivity index (χ0) is 13.2. The summed E-state index contributed by atoms with van der Waals surface area (Å²) in [4.78, 5) is 3.77. The van der Waals surface area contributed by atoms with Gasteiger partial charge in [0.05, 0.1) is 12.4 Å². The van der Waals surface area contributed by atoms with Gasteiger partial charge in [-0.3, -0.25) is 0 Å². The maximum Gasteiger partial charge on any atom is 0.187 e. The highest BCUT2D eigenvalue weighted by molar-refractivity contribution is 7.92. The molecule has 0 aromatic carbocycles. The molecule has 0 saturated heterocycles. The summed E-state index contributed by atoms with van der Waals surface area (Å²) >= 11 is 0. The van der Waals surface area contributed by atoms with E-state index in [-0.39, 0.29) is 16.3 Å². The van der Waals surface area contributed by atoms with Crippen LogP contribution in [0.1, 0.15) is 31.4 Å². The zero-order valence-electron chi connectivity index (χ0n) is 10.1. The number of hydrogen-bond donors (Lipinski definition) is 0. The molecule has 1 fully saturated rings. The number of sulfone groups is 1. The lowest BCUT2D eigenvalue weighted by Gasteiger charge is -2.14. The van der Waals surface area contributed by atoms with Crippen LogP contribution in [0.15, 0.2) is 17.2 Å². The van der Waals surface area contributed by atoms with E-state index in [1.165, 1.54) is 19.4 Å². The summed E-state index contributed by atoms with van der Waals surface area (Å²) < 4.78 is 30.1. The molecule has 0 aliphatic heterocycles. The third-order valence-corrected chi connectivity index (χ3v) is 5.53. The number of pyridine rings is 1. The van der Waals surface area contributed by atoms with Crippen molar-refractivity contribution in [3.63, 3.8) is 0 Å². The lowest BCUT2D eigenvalue weighted by molar-refractivity contribution is 0.401. The molecule has 1 aromatic rings. The SMILES string of the molecule is COc1ccnc(C#N)c1S(=O)(=O)C1CCCC1. The molecule has 1 aliphatic rings. The Kier molecular flexibility index (Phi) is 3.53. The Labute approximate surface area is 106 Å². The van der Waals surface area contributed by atoms with Crippen molar-refractivity contribution in [1.29, 1.82) is 5.26 Å². The number of hydrogen-bond acceptors (Lipinski definition) is 5. The number of ether oxygens (including phenoxy) is 1. The summed E-state index contributed by atoms with van der Waals surface area (Å²) in [6.45, 7) is 0. The van der Waals surface area contributed by atoms with E-state index in [1.807, 2.05) is 6.07 Å². The third kappa shape index (κ3) is 2.06. The van der Waals surface area contributed by atoms with Crippen LogP contribution >= 0.6 is 0 Å². The van der Waals surface area contributed by atoms with Crippen molar-refractivity contribution in [3.8, 4) is 11.8 Å². The fraction of sp³-hybridized carbons (Fsp3) is 0.500. The van der Waals surface area contributed by atoms with Gasteiger partial charge in [-0.1, -0.05) is 12.8 Å². The first-order chi connectivity index (χ1) is 8.61. The first kappa shape index (κ1) is 12.8. The standard InChI is InChI=1S/C12H14N2O3S/c1-17-11-6-7-14-10(8-13)12(11)18(15,16)9-4-2-3-5-9/h6-7,9H,2-5H2,1H3. The molecule has 1 aliphatic carbocycles. The Bertz CT molecular complexity index is 584. The average molecular weight is 266 g/mol. The van der Waals surface area contributed by atoms with Crippen LogP contribution in [-0.2, 0) is 9.84 Å². The quantitative estimate of drug-likeness (QED) is 0.831. The van der Waals surface area contributed by atoms with E-state index in [4.69, 9.17) is 10.00 Å². The molecule has 0 N–H and O–H groups in total. The van der Waals surface area contributed by atoms with Crippen molar-refractivity contribution in [2.45, 2.75) is 35.8 Å². The van der Waals surface area contributed by atoms with Gasteiger partial charge < -0.3 is 4.74 Å². The van der Waals surface area contributed by atoms with Crippen LogP contribution < -0.4 is 4.74 Å². The molecule has 1 saturated carbocycles. The molecule has 0 unspecified atom stereocenters. The minimum absolute atomic E-state index is 0.0538. The lowest BCUT2D eigenvalue weighted by atomic mass is 10.3. The molecule has 5 nitrogen and oxygen atoms in total. The van der Waals surface area contributed by atoms with Crippen LogP contribution in [0.5, 0.6) is 5.75 Å². The minimum atomic E-state index is -3.53. The van der Waals surface area contributed by atoms with Gasteiger partial charge >= 0.3 is 0 Å². The topological polar surface area (TPSA) is 80.0 Å². The molecule has 0 amide bonds. The number of rotatable bonds is 3. The second-order valence-electron chi connectivity index (χ2n) is 4.25. The van der Waals surface area contributed by atoms with E-state index in [1.54, 1.807) is 0 Å². The van der Waals surface area contributed by atoms with Gasteiger partial charge in [-0.15, -0.1) is 0 Å². The number of nitrogens with zero attached hydrogens (tertiary/aromatic N) is 2. The van der Waals surface area contributed by atoms with Crippen LogP contribution in [0.25, 0.3) is 0 Å². The highest BCUT2D eigenvalue weighted by Gasteiger charge is 2.35. The van der Waals surface area contributed by atoms with Gasteiger partial charge in [0.2, 0.25) is 0 Å². The van der Waals surface area contributed by atoms with Crippen molar-refractivity contribution < 1.29 is 13.2 Å². The van der Waals surface area contributed by atoms with Crippen LogP contribution in [0.4, 0.5) is 0 Å². The van der Waals surface area contributed by atoms with E-state index in [0.717, 1.165) is 12.8 Å². The smallest absolute Gasteiger partial charge is 0.187 e. The Morgan fingerprint density at radius 1 is 1.44 bits per heavy atom. The van der Waals surface area contributed by atoms with Gasteiger partial charge in [0.1, 0.15) is 16.7 Å². The normalized spacial score (nSPS) is 16.4. The monoisotopic (exact) mass is 266 g/mol. The summed E-state index contributed by atoms with van der Waals surface area (Å²) in [6, 6.07) is 3.30. The molecule has 96 valence electrons. The highest BCUT2D eigenvalue weighted by Crippen LogP contribution is 2.35. The van der Waals surface area contributed by atoms with Gasteiger partial charge in [-0.25, -0.2) is 13.4 Å². The largest absolute Gasteiger partial charge is 0.495 e. The van der Waals surface area contributed by atoms with Gasteiger partial charge in [0, 0.05) is 6.20 Å². The van der Waals surface area contributed by atoms with Crippen molar-refractivity contribution in [2.75, 3.05) is 7.11 Å². The summed E-state index contributed by atoms with van der Waals surface area (Å²) in [7, 11) is -2.14. The molecule has 0 atom stereocenters. The highest BCUT2D eigenvalue weighted by atomic mass is 32.2. The summed E-state index contributed by atoms with van der Waals surface area (Å²) in [5.41, 5.74) is -0.0822. The predicted octanol–water partition coefficient (Wildman–Crippen LogP) is 1.68. The molecule has 1 heterocycles. The summed E-state index contributed by atoms with van der Waals surface area (Å²) in [5.74, 6) is 0.202. The first-order valence-electron chi connectivity index (χ1n) is 5.78. The van der Waals surface area contributed by atoms with Crippen molar-refractivity contribution in [3.05, 3.63) is 18.0 Å². The minimum Gasteiger partial charge on any atom is -0.495 e. The van der Waals surface area contributed by atoms with Crippen molar-refractivity contribution in [2.24, 2.45) is 0 Å². The van der Waals surface area contributed by atoms with Crippen LogP contribution in [-0.4, -0.2) is 25.8 Å². The Morgan fingerprint density at radius 3 is 2.67 bits per heavy atom. The van der Waals surface area contributed by atoms with E-state index in [0.29, 0.717) is 12.8 Å². The average Bonchev–Trinajstić information content (AvgIpc) is 2.92. The summed E-state index contributed by atoms with van der Waals surface area (Å²) in [6.07, 6.45) is 4.49. The number of aromatic nitrogens is 1. The molecule has 2 rings (SSSR count). The van der Waals surface area contributed by atoms with Crippen LogP contribution in [0.3, 0.4) is 0 Å². The fourth-order valence-corrected chi connectivity index (χ4v) is 4.40. The van der Waals surface area contributed by atoms with Crippen molar-refractivity contribution >= 4 is 9.84 Å². The van der Waals surface area contributed by atoms with Crippen LogP contribution in [0, 0.1) is 11.3 Å².